The van der Waals surface area contributed by atoms with Gasteiger partial charge in [-0.2, -0.15) is 0 Å². The third kappa shape index (κ3) is 4.73. The smallest absolute Gasteiger partial charge is 0.133 e. The molecule has 0 aliphatic carbocycles. The molecule has 0 unspecified atom stereocenters. The highest BCUT2D eigenvalue weighted by molar-refractivity contribution is 5.78. The normalized spacial score (nSPS) is 10.7. The number of aryl methyl sites for hydroxylation is 2. The molecule has 15 heavy (non-hydrogen) atoms. The van der Waals surface area contributed by atoms with Gasteiger partial charge in [-0.3, -0.25) is 9.78 Å². The van der Waals surface area contributed by atoms with Crippen molar-refractivity contribution in [3.05, 3.63) is 29.6 Å². The monoisotopic (exact) mass is 205 g/mol. The summed E-state index contributed by atoms with van der Waals surface area (Å²) in [6.45, 7) is 6.12. The molecular formula is C13H19NO. The first kappa shape index (κ1) is 11.9. The van der Waals surface area contributed by atoms with Crippen molar-refractivity contribution < 1.29 is 4.79 Å². The van der Waals surface area contributed by atoms with E-state index >= 15 is 0 Å². The van der Waals surface area contributed by atoms with Crippen LogP contribution in [0, 0.1) is 12.8 Å². The maximum Gasteiger partial charge on any atom is 0.133 e. The Morgan fingerprint density at radius 1 is 1.40 bits per heavy atom. The van der Waals surface area contributed by atoms with Crippen LogP contribution >= 0.6 is 0 Å². The second-order valence-corrected chi connectivity index (χ2v) is 4.41. The molecule has 82 valence electrons. The molecule has 0 aliphatic rings. The summed E-state index contributed by atoms with van der Waals surface area (Å²) >= 11 is 0. The van der Waals surface area contributed by atoms with Gasteiger partial charge in [0.1, 0.15) is 5.78 Å². The van der Waals surface area contributed by atoms with Crippen LogP contribution in [0.3, 0.4) is 0 Å². The van der Waals surface area contributed by atoms with Crippen molar-refractivity contribution in [2.24, 2.45) is 5.92 Å². The van der Waals surface area contributed by atoms with Crippen LogP contribution in [-0.2, 0) is 11.2 Å². The molecule has 1 heterocycles. The molecule has 0 saturated heterocycles. The summed E-state index contributed by atoms with van der Waals surface area (Å²) < 4.78 is 0. The topological polar surface area (TPSA) is 30.0 Å². The van der Waals surface area contributed by atoms with E-state index in [9.17, 15) is 4.79 Å². The van der Waals surface area contributed by atoms with Crippen molar-refractivity contribution in [1.29, 1.82) is 0 Å². The zero-order valence-corrected chi connectivity index (χ0v) is 9.79. The van der Waals surface area contributed by atoms with Gasteiger partial charge in [-0.15, -0.1) is 0 Å². The van der Waals surface area contributed by atoms with Crippen molar-refractivity contribution in [1.82, 2.24) is 4.98 Å². The minimum atomic E-state index is 0.341. The van der Waals surface area contributed by atoms with E-state index in [0.717, 1.165) is 17.8 Å². The van der Waals surface area contributed by atoms with Crippen LogP contribution in [0.1, 0.15) is 38.1 Å². The molecule has 0 aliphatic heterocycles. The Labute approximate surface area is 91.7 Å². The number of nitrogens with zero attached hydrogens (tertiary/aromatic N) is 1. The summed E-state index contributed by atoms with van der Waals surface area (Å²) in [7, 11) is 0. The zero-order valence-electron chi connectivity index (χ0n) is 9.79. The Kier molecular flexibility index (Phi) is 4.47. The number of aromatic nitrogens is 1. The number of pyridine rings is 1. The first-order valence-corrected chi connectivity index (χ1v) is 5.52. The summed E-state index contributed by atoms with van der Waals surface area (Å²) in [5.74, 6) is 0.802. The van der Waals surface area contributed by atoms with Crippen LogP contribution in [0.25, 0.3) is 0 Å². The Balaban J connectivity index is 2.40. The van der Waals surface area contributed by atoms with Gasteiger partial charge in [0.15, 0.2) is 0 Å². The molecule has 0 saturated carbocycles. The average molecular weight is 205 g/mol. The number of carbonyl (C=O) groups excluding carboxylic acids is 1. The highest BCUT2D eigenvalue weighted by Crippen LogP contribution is 2.07. The standard InChI is InChI=1S/C13H19NO/c1-10(2)9-13(15)8-7-12-6-4-5-11(3)14-12/h4-6,10H,7-9H2,1-3H3. The molecule has 1 aromatic heterocycles. The Morgan fingerprint density at radius 3 is 2.73 bits per heavy atom. The number of rotatable bonds is 5. The molecule has 0 amide bonds. The maximum absolute atomic E-state index is 11.5. The second kappa shape index (κ2) is 5.64. The molecule has 0 fully saturated rings. The fourth-order valence-corrected chi connectivity index (χ4v) is 1.56. The van der Waals surface area contributed by atoms with Gasteiger partial charge in [-0.25, -0.2) is 0 Å². The predicted molar refractivity (Wildman–Crippen MR) is 61.8 cm³/mol. The molecule has 1 aromatic rings. The fourth-order valence-electron chi connectivity index (χ4n) is 1.56. The van der Waals surface area contributed by atoms with Gasteiger partial charge in [-0.1, -0.05) is 19.9 Å². The lowest BCUT2D eigenvalue weighted by Crippen LogP contribution is -2.05. The zero-order chi connectivity index (χ0) is 11.3. The average Bonchev–Trinajstić information content (AvgIpc) is 2.14. The molecule has 2 nitrogen and oxygen atoms in total. The molecule has 2 heteroatoms. The second-order valence-electron chi connectivity index (χ2n) is 4.41. The summed E-state index contributed by atoms with van der Waals surface area (Å²) in [5, 5.41) is 0. The lowest BCUT2D eigenvalue weighted by atomic mass is 10.0. The van der Waals surface area contributed by atoms with Crippen molar-refractivity contribution >= 4 is 5.78 Å². The van der Waals surface area contributed by atoms with Crippen LogP contribution in [-0.4, -0.2) is 10.8 Å². The van der Waals surface area contributed by atoms with Gasteiger partial charge in [0, 0.05) is 24.2 Å². The van der Waals surface area contributed by atoms with Crippen LogP contribution < -0.4 is 0 Å². The summed E-state index contributed by atoms with van der Waals surface area (Å²) in [6.07, 6.45) is 2.08. The van der Waals surface area contributed by atoms with Gasteiger partial charge in [-0.05, 0) is 31.4 Å². The maximum atomic E-state index is 11.5. The molecular weight excluding hydrogens is 186 g/mol. The highest BCUT2D eigenvalue weighted by Gasteiger charge is 2.05. The molecule has 1 rings (SSSR count). The van der Waals surface area contributed by atoms with Crippen LogP contribution in [0.5, 0.6) is 0 Å². The third-order valence-corrected chi connectivity index (χ3v) is 2.24. The lowest BCUT2D eigenvalue weighted by molar-refractivity contribution is -0.119. The van der Waals surface area contributed by atoms with Crippen LogP contribution in [0.4, 0.5) is 0 Å². The first-order chi connectivity index (χ1) is 7.08. The van der Waals surface area contributed by atoms with Gasteiger partial charge >= 0.3 is 0 Å². The molecule has 0 radical (unpaired) electrons. The van der Waals surface area contributed by atoms with E-state index in [1.54, 1.807) is 0 Å². The molecule has 0 bridgehead atoms. The van der Waals surface area contributed by atoms with Crippen molar-refractivity contribution in [3.63, 3.8) is 0 Å². The molecule has 0 aromatic carbocycles. The van der Waals surface area contributed by atoms with Gasteiger partial charge < -0.3 is 0 Å². The van der Waals surface area contributed by atoms with E-state index in [0.29, 0.717) is 24.5 Å². The van der Waals surface area contributed by atoms with E-state index in [2.05, 4.69) is 18.8 Å². The molecule has 0 atom stereocenters. The number of hydrogen-bond acceptors (Lipinski definition) is 2. The Morgan fingerprint density at radius 2 is 2.13 bits per heavy atom. The highest BCUT2D eigenvalue weighted by atomic mass is 16.1. The lowest BCUT2D eigenvalue weighted by Gasteiger charge is -2.04. The van der Waals surface area contributed by atoms with E-state index < -0.39 is 0 Å². The van der Waals surface area contributed by atoms with Crippen molar-refractivity contribution in [2.75, 3.05) is 0 Å². The van der Waals surface area contributed by atoms with Gasteiger partial charge in [0.2, 0.25) is 0 Å². The Hall–Kier alpha value is -1.18. The van der Waals surface area contributed by atoms with Gasteiger partial charge in [0.05, 0.1) is 0 Å². The molecule has 0 spiro atoms. The van der Waals surface area contributed by atoms with E-state index in [1.807, 2.05) is 25.1 Å². The number of carbonyl (C=O) groups is 1. The third-order valence-electron chi connectivity index (χ3n) is 2.24. The predicted octanol–water partition coefficient (Wildman–Crippen LogP) is 2.94. The first-order valence-electron chi connectivity index (χ1n) is 5.52. The van der Waals surface area contributed by atoms with Gasteiger partial charge in [0.25, 0.3) is 0 Å². The minimum absolute atomic E-state index is 0.341. The Bertz CT molecular complexity index is 331. The van der Waals surface area contributed by atoms with E-state index in [4.69, 9.17) is 0 Å². The van der Waals surface area contributed by atoms with E-state index in [-0.39, 0.29) is 0 Å². The summed E-state index contributed by atoms with van der Waals surface area (Å²) in [4.78, 5) is 15.9. The largest absolute Gasteiger partial charge is 0.300 e. The SMILES string of the molecule is Cc1cccc(CCC(=O)CC(C)C)n1. The van der Waals surface area contributed by atoms with Crippen molar-refractivity contribution in [2.45, 2.75) is 40.0 Å². The number of hydrogen-bond donors (Lipinski definition) is 0. The molecule has 0 N–H and O–H groups in total. The van der Waals surface area contributed by atoms with Crippen LogP contribution in [0.15, 0.2) is 18.2 Å². The summed E-state index contributed by atoms with van der Waals surface area (Å²) in [6, 6.07) is 5.94. The number of Topliss-reactive ketones (excluding diaryl/α,β-unsaturated/α-hetero) is 1. The number of ketones is 1. The van der Waals surface area contributed by atoms with Crippen LogP contribution in [0.2, 0.25) is 0 Å². The quantitative estimate of drug-likeness (QED) is 0.739. The fraction of sp³-hybridized carbons (Fsp3) is 0.538. The van der Waals surface area contributed by atoms with Crippen molar-refractivity contribution in [3.8, 4) is 0 Å². The van der Waals surface area contributed by atoms with E-state index in [1.165, 1.54) is 0 Å². The summed E-state index contributed by atoms with van der Waals surface area (Å²) in [5.41, 5.74) is 2.04. The minimum Gasteiger partial charge on any atom is -0.300 e.